The van der Waals surface area contributed by atoms with Crippen LogP contribution in [0, 0.1) is 0 Å². The molecule has 0 aromatic rings. The summed E-state index contributed by atoms with van der Waals surface area (Å²) in [5.41, 5.74) is 0. The van der Waals surface area contributed by atoms with Crippen LogP contribution in [0.2, 0.25) is 0 Å². The first-order valence-electron chi connectivity index (χ1n) is 1.55. The van der Waals surface area contributed by atoms with Crippen LogP contribution in [0.3, 0.4) is 0 Å². The van der Waals surface area contributed by atoms with Gasteiger partial charge in [-0.25, -0.2) is 4.79 Å². The van der Waals surface area contributed by atoms with E-state index < -0.39 is 15.2 Å². The Bertz CT molecular complexity index is 76.1. The Morgan fingerprint density at radius 3 is 1.00 bits per heavy atom. The molecule has 0 atom stereocenters. The van der Waals surface area contributed by atoms with Gasteiger partial charge in [0.15, 0.2) is 0 Å². The Morgan fingerprint density at radius 2 is 1.00 bits per heavy atom. The summed E-state index contributed by atoms with van der Waals surface area (Å²) in [5.74, 6) is 0. The Hall–Kier alpha value is 0.587. The van der Waals surface area contributed by atoms with Gasteiger partial charge < -0.3 is 29.4 Å². The van der Waals surface area contributed by atoms with Crippen LogP contribution in [0.1, 0.15) is 0 Å². The van der Waals surface area contributed by atoms with Crippen LogP contribution in [-0.4, -0.2) is 82.3 Å². The van der Waals surface area contributed by atoms with E-state index in [2.05, 4.69) is 0 Å². The van der Waals surface area contributed by atoms with Crippen LogP contribution in [0.5, 0.6) is 0 Å². The van der Waals surface area contributed by atoms with Gasteiger partial charge in [0.2, 0.25) is 0 Å². The van der Waals surface area contributed by atoms with Crippen molar-refractivity contribution in [1.29, 1.82) is 0 Å². The van der Waals surface area contributed by atoms with Crippen molar-refractivity contribution in [2.24, 2.45) is 0 Å². The van der Waals surface area contributed by atoms with Crippen molar-refractivity contribution in [3.8, 4) is 0 Å². The molecule has 0 amide bonds. The van der Waals surface area contributed by atoms with E-state index in [0.29, 0.717) is 0 Å². The van der Waals surface area contributed by atoms with Gasteiger partial charge in [-0.15, -0.1) is 0 Å². The number of hydrogen-bond donors (Lipinski definition) is 6. The van der Waals surface area contributed by atoms with Gasteiger partial charge in [-0.05, 0) is 0 Å². The molecule has 0 aliphatic heterocycles. The maximum atomic E-state index is 8.56. The van der Waals surface area contributed by atoms with E-state index >= 15 is 0 Å². The van der Waals surface area contributed by atoms with Gasteiger partial charge in [0.25, 0.3) is 0 Å². The standard InChI is InChI=1S/CH2O3.Ca.H4O4Si.2H/c2-1(3)4;;1-5(2,3)4;;/h(H2,2,3,4);;1-4H;;. The van der Waals surface area contributed by atoms with Crippen molar-refractivity contribution < 1.29 is 34.2 Å². The van der Waals surface area contributed by atoms with Crippen molar-refractivity contribution in [3.05, 3.63) is 0 Å². The molecule has 0 aromatic heterocycles. The van der Waals surface area contributed by atoms with Crippen LogP contribution in [0.15, 0.2) is 0 Å². The molecule has 9 heteroatoms. The zero-order valence-corrected chi connectivity index (χ0v) is 5.09. The van der Waals surface area contributed by atoms with Gasteiger partial charge in [-0.2, -0.15) is 0 Å². The summed E-state index contributed by atoms with van der Waals surface area (Å²) in [4.78, 5) is 37.9. The molecule has 7 nitrogen and oxygen atoms in total. The molecule has 0 aliphatic rings. The first-order valence-corrected chi connectivity index (χ1v) is 3.33. The molecule has 10 heavy (non-hydrogen) atoms. The van der Waals surface area contributed by atoms with Crippen LogP contribution in [0.4, 0.5) is 4.79 Å². The van der Waals surface area contributed by atoms with Crippen LogP contribution in [-0.2, 0) is 0 Å². The third-order valence-corrected chi connectivity index (χ3v) is 0. The second-order valence-electron chi connectivity index (χ2n) is 0.883. The summed E-state index contributed by atoms with van der Waals surface area (Å²) in [6.45, 7) is 0. The predicted octanol–water partition coefficient (Wildman–Crippen LogP) is -3.30. The van der Waals surface area contributed by atoms with Crippen molar-refractivity contribution >= 4 is 52.9 Å². The molecule has 0 radical (unpaired) electrons. The fourth-order valence-electron chi connectivity index (χ4n) is 0. The van der Waals surface area contributed by atoms with E-state index in [1.807, 2.05) is 0 Å². The topological polar surface area (TPSA) is 138 Å². The van der Waals surface area contributed by atoms with Crippen molar-refractivity contribution in [1.82, 2.24) is 0 Å². The van der Waals surface area contributed by atoms with E-state index in [4.69, 9.17) is 34.2 Å². The molecule has 0 bridgehead atoms. The molecule has 60 valence electrons. The molecule has 0 aliphatic carbocycles. The molecular weight excluding hydrogens is 192 g/mol. The zero-order chi connectivity index (χ0) is 8.08. The van der Waals surface area contributed by atoms with Gasteiger partial charge >= 0.3 is 52.9 Å². The summed E-state index contributed by atoms with van der Waals surface area (Å²) in [6.07, 6.45) is -1.83. The Balaban J connectivity index is -0.0000000910. The number of rotatable bonds is 0. The van der Waals surface area contributed by atoms with Gasteiger partial charge in [0, 0.05) is 0 Å². The molecule has 0 unspecified atom stereocenters. The van der Waals surface area contributed by atoms with Gasteiger partial charge in [0.1, 0.15) is 0 Å². The number of carboxylic acid groups (broad SMARTS) is 2. The van der Waals surface area contributed by atoms with E-state index in [9.17, 15) is 0 Å². The predicted molar refractivity (Wildman–Crippen MR) is 33.8 cm³/mol. The quantitative estimate of drug-likeness (QED) is 0.225. The summed E-state index contributed by atoms with van der Waals surface area (Å²) in [6, 6.07) is 0. The first-order chi connectivity index (χ1) is 3.73. The SMILES string of the molecule is O=C(O)O.O[Si](O)(O)O.[CaH2]. The fourth-order valence-corrected chi connectivity index (χ4v) is 0. The van der Waals surface area contributed by atoms with Crippen molar-refractivity contribution in [2.45, 2.75) is 0 Å². The average Bonchev–Trinajstić information content (AvgIpc) is 1.19. The minimum atomic E-state index is -4.61. The molecule has 6 N–H and O–H groups in total. The molecular formula is CH8CaO7Si. The van der Waals surface area contributed by atoms with E-state index in [1.54, 1.807) is 0 Å². The van der Waals surface area contributed by atoms with Crippen LogP contribution < -0.4 is 0 Å². The van der Waals surface area contributed by atoms with Crippen molar-refractivity contribution in [2.75, 3.05) is 0 Å². The monoisotopic (exact) mass is 200 g/mol. The van der Waals surface area contributed by atoms with E-state index in [-0.39, 0.29) is 37.7 Å². The molecule has 0 saturated carbocycles. The number of carbonyl (C=O) groups is 1. The Kier molecular flexibility index (Phi) is 13.0. The fraction of sp³-hybridized carbons (Fsp3) is 0. The maximum absolute atomic E-state index is 8.56. The van der Waals surface area contributed by atoms with E-state index in [1.165, 1.54) is 0 Å². The second-order valence-corrected chi connectivity index (χ2v) is 2.08. The summed E-state index contributed by atoms with van der Waals surface area (Å²) >= 11 is 0. The minimum absolute atomic E-state index is 0. The van der Waals surface area contributed by atoms with Crippen molar-refractivity contribution in [3.63, 3.8) is 0 Å². The number of hydrogen-bond acceptors (Lipinski definition) is 5. The van der Waals surface area contributed by atoms with E-state index in [0.717, 1.165) is 0 Å². The summed E-state index contributed by atoms with van der Waals surface area (Å²) < 4.78 is 0. The third kappa shape index (κ3) is 1440. The zero-order valence-electron chi connectivity index (χ0n) is 4.09. The Morgan fingerprint density at radius 1 is 1.00 bits per heavy atom. The Labute approximate surface area is 86.7 Å². The second kappa shape index (κ2) is 7.69. The first kappa shape index (κ1) is 16.9. The summed E-state index contributed by atoms with van der Waals surface area (Å²) in [5, 5.41) is 13.9. The van der Waals surface area contributed by atoms with Gasteiger partial charge in [-0.1, -0.05) is 0 Å². The summed E-state index contributed by atoms with van der Waals surface area (Å²) in [7, 11) is -4.61. The average molecular weight is 200 g/mol. The molecule has 0 fully saturated rings. The van der Waals surface area contributed by atoms with Crippen LogP contribution in [0.25, 0.3) is 0 Å². The molecule has 0 saturated heterocycles. The molecule has 0 spiro atoms. The van der Waals surface area contributed by atoms with Gasteiger partial charge in [0.05, 0.1) is 0 Å². The molecule has 0 aromatic carbocycles. The third-order valence-electron chi connectivity index (χ3n) is 0. The van der Waals surface area contributed by atoms with Gasteiger partial charge in [-0.3, -0.25) is 0 Å². The normalized spacial score (nSPS) is 8.40. The van der Waals surface area contributed by atoms with Crippen LogP contribution >= 0.6 is 0 Å². The molecule has 0 rings (SSSR count). The molecule has 0 heterocycles.